The normalized spacial score (nSPS) is 17.8. The number of nitrogens with one attached hydrogen (secondary N) is 1. The minimum atomic E-state index is -0.268. The highest BCUT2D eigenvalue weighted by Gasteiger charge is 2.36. The van der Waals surface area contributed by atoms with Gasteiger partial charge in [-0.1, -0.05) is 23.7 Å². The van der Waals surface area contributed by atoms with E-state index >= 15 is 0 Å². The topological polar surface area (TPSA) is 74.8 Å². The number of halogens is 1. The molecule has 0 saturated heterocycles. The third kappa shape index (κ3) is 4.82. The molecule has 0 spiro atoms. The average molecular weight is 469 g/mol. The predicted octanol–water partition coefficient (Wildman–Crippen LogP) is 5.47. The SMILES string of the molecule is O=C(OCC1CC1)N1CCc2c([nH]c3ccc(Cl)cc23)[C@@H]1c1ccc(OCCCCO)cc1. The van der Waals surface area contributed by atoms with Crippen LogP contribution in [0.3, 0.4) is 0 Å². The number of fused-ring (bicyclic) bond motifs is 3. The van der Waals surface area contributed by atoms with Crippen LogP contribution >= 0.6 is 11.6 Å². The van der Waals surface area contributed by atoms with E-state index in [1.165, 1.54) is 5.56 Å². The van der Waals surface area contributed by atoms with Crippen LogP contribution in [0.25, 0.3) is 10.9 Å². The summed E-state index contributed by atoms with van der Waals surface area (Å²) in [6.45, 7) is 1.82. The highest BCUT2D eigenvalue weighted by Crippen LogP contribution is 2.40. The maximum absolute atomic E-state index is 13.1. The number of amides is 1. The number of rotatable bonds is 8. The number of hydrogen-bond donors (Lipinski definition) is 2. The summed E-state index contributed by atoms with van der Waals surface area (Å²) < 4.78 is 11.5. The smallest absolute Gasteiger partial charge is 0.410 e. The Morgan fingerprint density at radius 1 is 1.15 bits per heavy atom. The lowest BCUT2D eigenvalue weighted by atomic mass is 9.92. The lowest BCUT2D eigenvalue weighted by Crippen LogP contribution is -2.41. The van der Waals surface area contributed by atoms with Crippen LogP contribution in [0.5, 0.6) is 5.75 Å². The molecule has 174 valence electrons. The number of carbonyl (C=O) groups excluding carboxylic acids is 1. The second-order valence-corrected chi connectivity index (χ2v) is 9.36. The van der Waals surface area contributed by atoms with E-state index in [2.05, 4.69) is 4.98 Å². The Kier molecular flexibility index (Phi) is 6.47. The second kappa shape index (κ2) is 9.65. The van der Waals surface area contributed by atoms with Crippen LogP contribution < -0.4 is 4.74 Å². The molecule has 1 amide bonds. The number of hydrogen-bond acceptors (Lipinski definition) is 4. The highest BCUT2D eigenvalue weighted by atomic mass is 35.5. The van der Waals surface area contributed by atoms with Crippen LogP contribution in [0.2, 0.25) is 5.02 Å². The summed E-state index contributed by atoms with van der Waals surface area (Å²) in [5.74, 6) is 1.30. The largest absolute Gasteiger partial charge is 0.494 e. The zero-order valence-electron chi connectivity index (χ0n) is 18.6. The molecule has 0 radical (unpaired) electrons. The highest BCUT2D eigenvalue weighted by molar-refractivity contribution is 6.31. The fraction of sp³-hybridized carbons (Fsp3) is 0.423. The molecule has 5 rings (SSSR count). The number of unbranched alkanes of at least 4 members (excludes halogenated alkanes) is 1. The average Bonchev–Trinajstić information content (AvgIpc) is 3.59. The molecule has 2 aromatic carbocycles. The second-order valence-electron chi connectivity index (χ2n) is 8.92. The zero-order valence-corrected chi connectivity index (χ0v) is 19.3. The minimum Gasteiger partial charge on any atom is -0.494 e. The lowest BCUT2D eigenvalue weighted by Gasteiger charge is -2.35. The van der Waals surface area contributed by atoms with Crippen LogP contribution in [0.15, 0.2) is 42.5 Å². The molecule has 1 aromatic heterocycles. The molecular formula is C26H29ClN2O4. The summed E-state index contributed by atoms with van der Waals surface area (Å²) in [6, 6.07) is 13.5. The van der Waals surface area contributed by atoms with Crippen molar-refractivity contribution in [1.82, 2.24) is 9.88 Å². The van der Waals surface area contributed by atoms with E-state index < -0.39 is 0 Å². The van der Waals surface area contributed by atoms with Gasteiger partial charge in [-0.15, -0.1) is 0 Å². The molecule has 7 heteroatoms. The minimum absolute atomic E-state index is 0.175. The number of nitrogens with zero attached hydrogens (tertiary/aromatic N) is 1. The first kappa shape index (κ1) is 22.1. The zero-order chi connectivity index (χ0) is 22.8. The van der Waals surface area contributed by atoms with Crippen molar-refractivity contribution in [2.45, 2.75) is 38.1 Å². The van der Waals surface area contributed by atoms with E-state index in [4.69, 9.17) is 26.2 Å². The molecule has 0 bridgehead atoms. The van der Waals surface area contributed by atoms with Gasteiger partial charge in [-0.3, -0.25) is 4.90 Å². The summed E-state index contributed by atoms with van der Waals surface area (Å²) >= 11 is 6.28. The summed E-state index contributed by atoms with van der Waals surface area (Å²) in [5.41, 5.74) is 4.23. The Morgan fingerprint density at radius 3 is 2.73 bits per heavy atom. The van der Waals surface area contributed by atoms with Gasteiger partial charge in [0.05, 0.1) is 13.2 Å². The molecular weight excluding hydrogens is 440 g/mol. The maximum Gasteiger partial charge on any atom is 0.410 e. The van der Waals surface area contributed by atoms with Gasteiger partial charge in [-0.05, 0) is 79.5 Å². The summed E-state index contributed by atoms with van der Waals surface area (Å²) in [6.07, 6.45) is 4.30. The summed E-state index contributed by atoms with van der Waals surface area (Å²) in [7, 11) is 0. The standard InChI is InChI=1S/C26H29ClN2O4/c27-19-7-10-23-22(15-19)21-11-12-29(26(31)33-16-17-3-4-17)25(24(21)28-23)18-5-8-20(9-6-18)32-14-2-1-13-30/h5-10,15,17,25,28,30H,1-4,11-14,16H2/t25-/m0/s1. The van der Waals surface area contributed by atoms with Gasteiger partial charge in [0.2, 0.25) is 0 Å². The molecule has 6 nitrogen and oxygen atoms in total. The molecule has 2 heterocycles. The van der Waals surface area contributed by atoms with Crippen LogP contribution in [0.4, 0.5) is 4.79 Å². The number of aliphatic hydroxyl groups is 1. The van der Waals surface area contributed by atoms with Gasteiger partial charge >= 0.3 is 6.09 Å². The Morgan fingerprint density at radius 2 is 1.97 bits per heavy atom. The number of aromatic nitrogens is 1. The summed E-state index contributed by atoms with van der Waals surface area (Å²) in [4.78, 5) is 18.5. The third-order valence-electron chi connectivity index (χ3n) is 6.48. The monoisotopic (exact) mass is 468 g/mol. The van der Waals surface area contributed by atoms with Crippen molar-refractivity contribution < 1.29 is 19.4 Å². The van der Waals surface area contributed by atoms with Gasteiger partial charge in [-0.25, -0.2) is 4.79 Å². The van der Waals surface area contributed by atoms with Crippen molar-refractivity contribution in [1.29, 1.82) is 0 Å². The first-order valence-electron chi connectivity index (χ1n) is 11.7. The van der Waals surface area contributed by atoms with E-state index in [0.717, 1.165) is 60.0 Å². The van der Waals surface area contributed by atoms with Crippen molar-refractivity contribution in [2.24, 2.45) is 5.92 Å². The molecule has 2 aliphatic rings. The van der Waals surface area contributed by atoms with E-state index in [-0.39, 0.29) is 18.7 Å². The van der Waals surface area contributed by atoms with Crippen LogP contribution in [0, 0.1) is 5.92 Å². The number of H-pyrrole nitrogens is 1. The van der Waals surface area contributed by atoms with Gasteiger partial charge in [0, 0.05) is 34.8 Å². The Bertz CT molecular complexity index is 1120. The fourth-order valence-electron chi connectivity index (χ4n) is 4.51. The number of aliphatic hydroxyl groups excluding tert-OH is 1. The molecule has 1 atom stereocenters. The van der Waals surface area contributed by atoms with Gasteiger partial charge in [0.1, 0.15) is 11.8 Å². The molecule has 3 aromatic rings. The van der Waals surface area contributed by atoms with Gasteiger partial charge < -0.3 is 19.6 Å². The fourth-order valence-corrected chi connectivity index (χ4v) is 4.68. The van der Waals surface area contributed by atoms with E-state index in [1.54, 1.807) is 0 Å². The number of carbonyl (C=O) groups is 1. The number of aromatic amines is 1. The number of ether oxygens (including phenoxy) is 2. The lowest BCUT2D eigenvalue weighted by molar-refractivity contribution is 0.0852. The van der Waals surface area contributed by atoms with E-state index in [0.29, 0.717) is 30.7 Å². The number of benzene rings is 2. The van der Waals surface area contributed by atoms with Crippen LogP contribution in [-0.2, 0) is 11.2 Å². The molecule has 1 aliphatic heterocycles. The van der Waals surface area contributed by atoms with E-state index in [1.807, 2.05) is 47.4 Å². The Balaban J connectivity index is 1.45. The van der Waals surface area contributed by atoms with Crippen molar-refractivity contribution in [3.05, 3.63) is 64.3 Å². The van der Waals surface area contributed by atoms with Gasteiger partial charge in [0.15, 0.2) is 0 Å². The van der Waals surface area contributed by atoms with Crippen molar-refractivity contribution in [3.8, 4) is 5.75 Å². The van der Waals surface area contributed by atoms with Crippen molar-refractivity contribution in [3.63, 3.8) is 0 Å². The Hall–Kier alpha value is -2.70. The first-order valence-corrected chi connectivity index (χ1v) is 12.1. The van der Waals surface area contributed by atoms with Gasteiger partial charge in [0.25, 0.3) is 0 Å². The van der Waals surface area contributed by atoms with Gasteiger partial charge in [-0.2, -0.15) is 0 Å². The van der Waals surface area contributed by atoms with Crippen molar-refractivity contribution in [2.75, 3.05) is 26.4 Å². The predicted molar refractivity (Wildman–Crippen MR) is 128 cm³/mol. The molecule has 33 heavy (non-hydrogen) atoms. The Labute approximate surface area is 198 Å². The van der Waals surface area contributed by atoms with Crippen molar-refractivity contribution >= 4 is 28.6 Å². The van der Waals surface area contributed by atoms with Crippen LogP contribution in [0.1, 0.15) is 48.5 Å². The molecule has 2 N–H and O–H groups in total. The molecule has 1 fully saturated rings. The maximum atomic E-state index is 13.1. The van der Waals surface area contributed by atoms with E-state index in [9.17, 15) is 4.79 Å². The quantitative estimate of drug-likeness (QED) is 0.430. The third-order valence-corrected chi connectivity index (χ3v) is 6.72. The summed E-state index contributed by atoms with van der Waals surface area (Å²) in [5, 5.41) is 10.7. The molecule has 1 aliphatic carbocycles. The first-order chi connectivity index (χ1) is 16.1. The molecule has 1 saturated carbocycles. The molecule has 0 unspecified atom stereocenters. The van der Waals surface area contributed by atoms with Crippen LogP contribution in [-0.4, -0.2) is 47.4 Å².